The summed E-state index contributed by atoms with van der Waals surface area (Å²) in [6, 6.07) is 6.29. The number of hydrogen-bond acceptors (Lipinski definition) is 4. The zero-order valence-electron chi connectivity index (χ0n) is 10.8. The molecule has 106 valence electrons. The van der Waals surface area contributed by atoms with Crippen molar-refractivity contribution in [2.75, 3.05) is 7.05 Å². The molecule has 0 aliphatic heterocycles. The molecule has 1 aromatic carbocycles. The maximum absolute atomic E-state index is 12.4. The van der Waals surface area contributed by atoms with Crippen molar-refractivity contribution in [3.05, 3.63) is 47.8 Å². The van der Waals surface area contributed by atoms with Gasteiger partial charge in [-0.1, -0.05) is 24.4 Å². The molecule has 0 aliphatic rings. The Morgan fingerprint density at radius 2 is 2.25 bits per heavy atom. The topological polar surface area (TPSA) is 92.1 Å². The molecule has 0 atom stereocenters. The van der Waals surface area contributed by atoms with E-state index in [0.29, 0.717) is 5.56 Å². The third-order valence-corrected chi connectivity index (χ3v) is 4.82. The molecule has 6 nitrogen and oxygen atoms in total. The number of nitrogens with zero attached hydrogens (tertiary/aromatic N) is 2. The van der Waals surface area contributed by atoms with Crippen molar-refractivity contribution in [2.24, 2.45) is 5.73 Å². The van der Waals surface area contributed by atoms with Crippen LogP contribution in [-0.4, -0.2) is 35.0 Å². The number of benzene rings is 1. The van der Waals surface area contributed by atoms with Gasteiger partial charge in [-0.25, -0.2) is 8.42 Å². The Labute approximate surface area is 122 Å². The number of aromatic amines is 1. The van der Waals surface area contributed by atoms with Gasteiger partial charge in [0.15, 0.2) is 0 Å². The van der Waals surface area contributed by atoms with Gasteiger partial charge in [0.2, 0.25) is 10.0 Å². The Morgan fingerprint density at radius 1 is 1.50 bits per heavy atom. The van der Waals surface area contributed by atoms with Crippen molar-refractivity contribution in [1.82, 2.24) is 14.5 Å². The molecule has 1 aromatic heterocycles. The van der Waals surface area contributed by atoms with Crippen LogP contribution in [-0.2, 0) is 16.6 Å². The van der Waals surface area contributed by atoms with E-state index in [1.807, 2.05) is 0 Å². The van der Waals surface area contributed by atoms with Gasteiger partial charge in [0, 0.05) is 30.9 Å². The molecule has 0 radical (unpaired) electrons. The van der Waals surface area contributed by atoms with Crippen molar-refractivity contribution in [3.63, 3.8) is 0 Å². The summed E-state index contributed by atoms with van der Waals surface area (Å²) in [5.41, 5.74) is 6.83. The van der Waals surface area contributed by atoms with Crippen molar-refractivity contribution < 1.29 is 8.42 Å². The summed E-state index contributed by atoms with van der Waals surface area (Å²) in [5.74, 6) is 0. The number of sulfonamides is 1. The first-order chi connectivity index (χ1) is 9.41. The second-order valence-corrected chi connectivity index (χ2v) is 6.74. The zero-order chi connectivity index (χ0) is 14.8. The molecule has 0 spiro atoms. The molecule has 3 N–H and O–H groups in total. The SMILES string of the molecule is CN(Cc1cn[nH]c1)S(=O)(=O)c1cccc(C(N)=S)c1. The Kier molecular flexibility index (Phi) is 4.17. The summed E-state index contributed by atoms with van der Waals surface area (Å²) >= 11 is 4.86. The van der Waals surface area contributed by atoms with Crippen LogP contribution in [0.4, 0.5) is 0 Å². The summed E-state index contributed by atoms with van der Waals surface area (Å²) in [7, 11) is -2.08. The van der Waals surface area contributed by atoms with E-state index in [2.05, 4.69) is 10.2 Å². The fourth-order valence-electron chi connectivity index (χ4n) is 1.70. The van der Waals surface area contributed by atoms with Crippen molar-refractivity contribution in [2.45, 2.75) is 11.4 Å². The van der Waals surface area contributed by atoms with Crippen LogP contribution in [0.2, 0.25) is 0 Å². The molecule has 0 amide bonds. The maximum Gasteiger partial charge on any atom is 0.243 e. The molecule has 2 aromatic rings. The predicted octanol–water partition coefficient (Wildman–Crippen LogP) is 0.865. The maximum atomic E-state index is 12.4. The lowest BCUT2D eigenvalue weighted by atomic mass is 10.2. The van der Waals surface area contributed by atoms with Crippen LogP contribution in [0.25, 0.3) is 0 Å². The molecule has 0 fully saturated rings. The second-order valence-electron chi connectivity index (χ2n) is 4.26. The highest BCUT2D eigenvalue weighted by Crippen LogP contribution is 2.17. The lowest BCUT2D eigenvalue weighted by Gasteiger charge is -2.16. The van der Waals surface area contributed by atoms with E-state index >= 15 is 0 Å². The third-order valence-electron chi connectivity index (χ3n) is 2.79. The highest BCUT2D eigenvalue weighted by atomic mass is 32.2. The second kappa shape index (κ2) is 5.70. The number of nitrogens with one attached hydrogen (secondary N) is 1. The minimum atomic E-state index is -3.59. The first kappa shape index (κ1) is 14.6. The lowest BCUT2D eigenvalue weighted by molar-refractivity contribution is 0.467. The van der Waals surface area contributed by atoms with Gasteiger partial charge in [0.05, 0.1) is 11.1 Å². The summed E-state index contributed by atoms with van der Waals surface area (Å²) in [6.45, 7) is 0.232. The smallest absolute Gasteiger partial charge is 0.243 e. The van der Waals surface area contributed by atoms with Gasteiger partial charge in [-0.05, 0) is 12.1 Å². The van der Waals surface area contributed by atoms with Gasteiger partial charge < -0.3 is 5.73 Å². The number of rotatable bonds is 5. The van der Waals surface area contributed by atoms with Gasteiger partial charge in [0.25, 0.3) is 0 Å². The molecule has 0 unspecified atom stereocenters. The zero-order valence-corrected chi connectivity index (χ0v) is 12.4. The van der Waals surface area contributed by atoms with Crippen LogP contribution in [0.5, 0.6) is 0 Å². The highest BCUT2D eigenvalue weighted by Gasteiger charge is 2.21. The summed E-state index contributed by atoms with van der Waals surface area (Å²) in [6.07, 6.45) is 3.23. The molecule has 8 heteroatoms. The molecular formula is C12H14N4O2S2. The van der Waals surface area contributed by atoms with Crippen LogP contribution in [0.15, 0.2) is 41.6 Å². The third kappa shape index (κ3) is 3.03. The molecule has 1 heterocycles. The average molecular weight is 310 g/mol. The van der Waals surface area contributed by atoms with E-state index in [1.165, 1.54) is 23.5 Å². The van der Waals surface area contributed by atoms with Gasteiger partial charge in [-0.3, -0.25) is 5.10 Å². The first-order valence-electron chi connectivity index (χ1n) is 5.75. The van der Waals surface area contributed by atoms with Crippen LogP contribution in [0.3, 0.4) is 0 Å². The van der Waals surface area contributed by atoms with E-state index in [1.54, 1.807) is 24.5 Å². The largest absolute Gasteiger partial charge is 0.389 e. The Balaban J connectivity index is 2.29. The summed E-state index contributed by atoms with van der Waals surface area (Å²) in [5, 5.41) is 6.43. The first-order valence-corrected chi connectivity index (χ1v) is 7.60. The molecule has 20 heavy (non-hydrogen) atoms. The van der Waals surface area contributed by atoms with Crippen LogP contribution < -0.4 is 5.73 Å². The number of thiocarbonyl (C=S) groups is 1. The predicted molar refractivity (Wildman–Crippen MR) is 79.6 cm³/mol. The molecule has 0 aliphatic carbocycles. The van der Waals surface area contributed by atoms with Gasteiger partial charge in [0.1, 0.15) is 4.99 Å². The number of nitrogens with two attached hydrogens (primary N) is 1. The van der Waals surface area contributed by atoms with E-state index in [0.717, 1.165) is 5.56 Å². The Morgan fingerprint density at radius 3 is 2.85 bits per heavy atom. The molecule has 0 saturated heterocycles. The Hall–Kier alpha value is -1.77. The summed E-state index contributed by atoms with van der Waals surface area (Å²) in [4.78, 5) is 0.327. The van der Waals surface area contributed by atoms with Crippen molar-refractivity contribution >= 4 is 27.2 Å². The standard InChI is InChI=1S/C12H14N4O2S2/c1-16(8-9-6-14-15-7-9)20(17,18)11-4-2-3-10(5-11)12(13)19/h2-7H,8H2,1H3,(H2,13,19)(H,14,15). The average Bonchev–Trinajstić information content (AvgIpc) is 2.91. The lowest BCUT2D eigenvalue weighted by Crippen LogP contribution is -2.26. The van der Waals surface area contributed by atoms with Gasteiger partial charge >= 0.3 is 0 Å². The fraction of sp³-hybridized carbons (Fsp3) is 0.167. The van der Waals surface area contributed by atoms with E-state index in [9.17, 15) is 8.42 Å². The quantitative estimate of drug-likeness (QED) is 0.799. The van der Waals surface area contributed by atoms with Gasteiger partial charge in [-0.2, -0.15) is 9.40 Å². The van der Waals surface area contributed by atoms with Crippen molar-refractivity contribution in [3.8, 4) is 0 Å². The molecule has 0 saturated carbocycles. The highest BCUT2D eigenvalue weighted by molar-refractivity contribution is 7.89. The van der Waals surface area contributed by atoms with E-state index in [4.69, 9.17) is 18.0 Å². The Bertz CT molecular complexity index is 711. The van der Waals surface area contributed by atoms with Gasteiger partial charge in [-0.15, -0.1) is 0 Å². The normalized spacial score (nSPS) is 11.7. The van der Waals surface area contributed by atoms with E-state index < -0.39 is 10.0 Å². The number of H-pyrrole nitrogens is 1. The monoisotopic (exact) mass is 310 g/mol. The fourth-order valence-corrected chi connectivity index (χ4v) is 3.03. The van der Waals surface area contributed by atoms with Crippen LogP contribution in [0, 0.1) is 0 Å². The van der Waals surface area contributed by atoms with Crippen molar-refractivity contribution in [1.29, 1.82) is 0 Å². The van der Waals surface area contributed by atoms with E-state index in [-0.39, 0.29) is 16.4 Å². The van der Waals surface area contributed by atoms with Crippen LogP contribution in [0.1, 0.15) is 11.1 Å². The number of aromatic nitrogens is 2. The van der Waals surface area contributed by atoms with Crippen LogP contribution >= 0.6 is 12.2 Å². The minimum absolute atomic E-state index is 0.161. The summed E-state index contributed by atoms with van der Waals surface area (Å²) < 4.78 is 26.1. The minimum Gasteiger partial charge on any atom is -0.389 e. The molecule has 0 bridgehead atoms. The number of hydrogen-bond donors (Lipinski definition) is 2. The molecular weight excluding hydrogens is 296 g/mol. The molecule has 2 rings (SSSR count).